The molecule has 1 aromatic rings. The first-order valence-corrected chi connectivity index (χ1v) is 7.63. The highest BCUT2D eigenvalue weighted by molar-refractivity contribution is 6.30. The zero-order valence-corrected chi connectivity index (χ0v) is 13.3. The van der Waals surface area contributed by atoms with Crippen molar-refractivity contribution in [2.45, 2.75) is 52.6 Å². The highest BCUT2D eigenvalue weighted by atomic mass is 35.5. The highest BCUT2D eigenvalue weighted by Crippen LogP contribution is 2.22. The van der Waals surface area contributed by atoms with Crippen molar-refractivity contribution >= 4 is 17.5 Å². The summed E-state index contributed by atoms with van der Waals surface area (Å²) in [4.78, 5) is 11.9. The molecule has 1 N–H and O–H groups in total. The maximum absolute atomic E-state index is 11.9. The zero-order chi connectivity index (χ0) is 15.0. The Kier molecular flexibility index (Phi) is 7.45. The average molecular weight is 298 g/mol. The Morgan fingerprint density at radius 2 is 2.10 bits per heavy atom. The summed E-state index contributed by atoms with van der Waals surface area (Å²) in [6, 6.07) is 5.38. The second-order valence-electron chi connectivity index (χ2n) is 5.02. The van der Waals surface area contributed by atoms with Crippen LogP contribution in [0.4, 0.5) is 0 Å². The normalized spacial score (nSPS) is 12.0. The SMILES string of the molecule is CCCCCCNC(=O)C(C)Oc1ccc(Cl)cc1C. The second-order valence-corrected chi connectivity index (χ2v) is 5.46. The molecule has 0 aliphatic rings. The maximum atomic E-state index is 11.9. The van der Waals surface area contributed by atoms with Crippen molar-refractivity contribution in [1.29, 1.82) is 0 Å². The van der Waals surface area contributed by atoms with Crippen LogP contribution < -0.4 is 10.1 Å². The van der Waals surface area contributed by atoms with Crippen LogP contribution in [-0.2, 0) is 4.79 Å². The third-order valence-corrected chi connectivity index (χ3v) is 3.37. The predicted octanol–water partition coefficient (Wildman–Crippen LogP) is 4.11. The first kappa shape index (κ1) is 16.8. The number of benzene rings is 1. The van der Waals surface area contributed by atoms with Gasteiger partial charge in [-0.05, 0) is 44.0 Å². The molecule has 0 heterocycles. The van der Waals surface area contributed by atoms with E-state index in [1.165, 1.54) is 12.8 Å². The molecule has 1 atom stereocenters. The topological polar surface area (TPSA) is 38.3 Å². The summed E-state index contributed by atoms with van der Waals surface area (Å²) in [5, 5.41) is 3.57. The summed E-state index contributed by atoms with van der Waals surface area (Å²) in [6.07, 6.45) is 4.09. The van der Waals surface area contributed by atoms with Gasteiger partial charge in [0, 0.05) is 11.6 Å². The van der Waals surface area contributed by atoms with Crippen LogP contribution in [0.5, 0.6) is 5.75 Å². The van der Waals surface area contributed by atoms with Crippen LogP contribution >= 0.6 is 11.6 Å². The van der Waals surface area contributed by atoms with Gasteiger partial charge in [0.1, 0.15) is 5.75 Å². The average Bonchev–Trinajstić information content (AvgIpc) is 2.41. The minimum atomic E-state index is -0.499. The summed E-state index contributed by atoms with van der Waals surface area (Å²) >= 11 is 5.89. The van der Waals surface area contributed by atoms with Gasteiger partial charge in [-0.1, -0.05) is 37.8 Å². The van der Waals surface area contributed by atoms with Crippen LogP contribution in [0.15, 0.2) is 18.2 Å². The Balaban J connectivity index is 2.37. The van der Waals surface area contributed by atoms with Gasteiger partial charge in [-0.2, -0.15) is 0 Å². The Labute approximate surface area is 126 Å². The minimum absolute atomic E-state index is 0.0733. The van der Waals surface area contributed by atoms with E-state index in [4.69, 9.17) is 16.3 Å². The number of nitrogens with one attached hydrogen (secondary N) is 1. The van der Waals surface area contributed by atoms with E-state index in [9.17, 15) is 4.79 Å². The van der Waals surface area contributed by atoms with Gasteiger partial charge < -0.3 is 10.1 Å². The lowest BCUT2D eigenvalue weighted by Gasteiger charge is -2.16. The van der Waals surface area contributed by atoms with Crippen molar-refractivity contribution in [2.75, 3.05) is 6.54 Å². The van der Waals surface area contributed by atoms with Gasteiger partial charge in [0.2, 0.25) is 0 Å². The second kappa shape index (κ2) is 8.85. The molecule has 3 nitrogen and oxygen atoms in total. The third kappa shape index (κ3) is 5.83. The van der Waals surface area contributed by atoms with Gasteiger partial charge in [-0.25, -0.2) is 0 Å². The lowest BCUT2D eigenvalue weighted by atomic mass is 10.2. The number of hydrogen-bond donors (Lipinski definition) is 1. The van der Waals surface area contributed by atoms with Gasteiger partial charge in [-0.3, -0.25) is 4.79 Å². The fourth-order valence-electron chi connectivity index (χ4n) is 1.90. The summed E-state index contributed by atoms with van der Waals surface area (Å²) < 4.78 is 5.67. The zero-order valence-electron chi connectivity index (χ0n) is 12.5. The van der Waals surface area contributed by atoms with Gasteiger partial charge in [0.25, 0.3) is 5.91 Å². The molecule has 0 aromatic heterocycles. The first-order valence-electron chi connectivity index (χ1n) is 7.25. The molecular formula is C16H24ClNO2. The molecule has 1 aromatic carbocycles. The van der Waals surface area contributed by atoms with Crippen molar-refractivity contribution in [1.82, 2.24) is 5.32 Å². The number of rotatable bonds is 8. The van der Waals surface area contributed by atoms with Crippen LogP contribution in [0.25, 0.3) is 0 Å². The molecular weight excluding hydrogens is 274 g/mol. The number of aryl methyl sites for hydroxylation is 1. The van der Waals surface area contributed by atoms with E-state index >= 15 is 0 Å². The number of hydrogen-bond acceptors (Lipinski definition) is 2. The molecule has 1 unspecified atom stereocenters. The van der Waals surface area contributed by atoms with E-state index in [0.717, 1.165) is 18.4 Å². The van der Waals surface area contributed by atoms with Crippen LogP contribution in [0, 0.1) is 6.92 Å². The van der Waals surface area contributed by atoms with Crippen molar-refractivity contribution in [2.24, 2.45) is 0 Å². The molecule has 0 saturated carbocycles. The van der Waals surface area contributed by atoms with Gasteiger partial charge >= 0.3 is 0 Å². The molecule has 1 amide bonds. The fourth-order valence-corrected chi connectivity index (χ4v) is 2.12. The summed E-state index contributed by atoms with van der Waals surface area (Å²) in [7, 11) is 0. The summed E-state index contributed by atoms with van der Waals surface area (Å²) in [5.41, 5.74) is 0.931. The Morgan fingerprint density at radius 1 is 1.35 bits per heavy atom. The van der Waals surface area contributed by atoms with Crippen LogP contribution in [0.3, 0.4) is 0 Å². The lowest BCUT2D eigenvalue weighted by Crippen LogP contribution is -2.36. The summed E-state index contributed by atoms with van der Waals surface area (Å²) in [6.45, 7) is 6.56. The Bertz CT molecular complexity index is 434. The number of carbonyl (C=O) groups excluding carboxylic acids is 1. The third-order valence-electron chi connectivity index (χ3n) is 3.14. The Morgan fingerprint density at radius 3 is 2.75 bits per heavy atom. The molecule has 112 valence electrons. The van der Waals surface area contributed by atoms with Gasteiger partial charge in [0.15, 0.2) is 6.10 Å². The number of unbranched alkanes of at least 4 members (excludes halogenated alkanes) is 3. The standard InChI is InChI=1S/C16H24ClNO2/c1-4-5-6-7-10-18-16(19)13(3)20-15-9-8-14(17)11-12(15)2/h8-9,11,13H,4-7,10H2,1-3H3,(H,18,19). The van der Waals surface area contributed by atoms with E-state index in [-0.39, 0.29) is 5.91 Å². The lowest BCUT2D eigenvalue weighted by molar-refractivity contribution is -0.127. The Hall–Kier alpha value is -1.22. The number of carbonyl (C=O) groups is 1. The van der Waals surface area contributed by atoms with Crippen molar-refractivity contribution < 1.29 is 9.53 Å². The first-order chi connectivity index (χ1) is 9.54. The van der Waals surface area contributed by atoms with E-state index in [1.807, 2.05) is 13.0 Å². The number of ether oxygens (including phenoxy) is 1. The van der Waals surface area contributed by atoms with E-state index < -0.39 is 6.10 Å². The van der Waals surface area contributed by atoms with Crippen molar-refractivity contribution in [3.8, 4) is 5.75 Å². The van der Waals surface area contributed by atoms with Crippen LogP contribution in [-0.4, -0.2) is 18.6 Å². The van der Waals surface area contributed by atoms with Gasteiger partial charge in [0.05, 0.1) is 0 Å². The maximum Gasteiger partial charge on any atom is 0.260 e. The van der Waals surface area contributed by atoms with Crippen LogP contribution in [0.2, 0.25) is 5.02 Å². The molecule has 0 saturated heterocycles. The minimum Gasteiger partial charge on any atom is -0.481 e. The van der Waals surface area contributed by atoms with E-state index in [0.29, 0.717) is 17.3 Å². The monoisotopic (exact) mass is 297 g/mol. The smallest absolute Gasteiger partial charge is 0.260 e. The molecule has 0 radical (unpaired) electrons. The molecule has 1 rings (SSSR count). The molecule has 4 heteroatoms. The molecule has 0 aliphatic carbocycles. The fraction of sp³-hybridized carbons (Fsp3) is 0.562. The molecule has 0 spiro atoms. The van der Waals surface area contributed by atoms with E-state index in [1.54, 1.807) is 19.1 Å². The molecule has 0 bridgehead atoms. The van der Waals surface area contributed by atoms with Crippen molar-refractivity contribution in [3.63, 3.8) is 0 Å². The molecule has 0 aliphatic heterocycles. The predicted molar refractivity (Wildman–Crippen MR) is 83.4 cm³/mol. The quantitative estimate of drug-likeness (QED) is 0.733. The van der Waals surface area contributed by atoms with Crippen LogP contribution in [0.1, 0.15) is 45.1 Å². The highest BCUT2D eigenvalue weighted by Gasteiger charge is 2.14. The largest absolute Gasteiger partial charge is 0.481 e. The van der Waals surface area contributed by atoms with Gasteiger partial charge in [-0.15, -0.1) is 0 Å². The number of halogens is 1. The molecule has 0 fully saturated rings. The van der Waals surface area contributed by atoms with E-state index in [2.05, 4.69) is 12.2 Å². The molecule has 20 heavy (non-hydrogen) atoms. The van der Waals surface area contributed by atoms with Crippen molar-refractivity contribution in [3.05, 3.63) is 28.8 Å². The summed E-state index contributed by atoms with van der Waals surface area (Å²) in [5.74, 6) is 0.624. The number of amides is 1.